The van der Waals surface area contributed by atoms with Gasteiger partial charge in [0.15, 0.2) is 6.10 Å². The molecule has 0 aromatic heterocycles. The number of rotatable bonds is 13. The molecule has 0 fully saturated rings. The summed E-state index contributed by atoms with van der Waals surface area (Å²) in [5.74, 6) is 0.771. The maximum atomic E-state index is 12.9. The lowest BCUT2D eigenvalue weighted by Crippen LogP contribution is -2.28. The predicted molar refractivity (Wildman–Crippen MR) is 118 cm³/mol. The minimum Gasteiger partial charge on any atom is -0.489 e. The van der Waals surface area contributed by atoms with Gasteiger partial charge in [0.05, 0.1) is 12.2 Å². The van der Waals surface area contributed by atoms with Crippen LogP contribution >= 0.6 is 0 Å². The van der Waals surface area contributed by atoms with E-state index < -0.39 is 23.8 Å². The maximum Gasteiger partial charge on any atom is 0.416 e. The van der Waals surface area contributed by atoms with Crippen LogP contribution in [-0.4, -0.2) is 32.4 Å². The van der Waals surface area contributed by atoms with Gasteiger partial charge < -0.3 is 18.9 Å². The third-order valence-corrected chi connectivity index (χ3v) is 4.85. The van der Waals surface area contributed by atoms with Gasteiger partial charge in [-0.15, -0.1) is 0 Å². The Hall–Kier alpha value is -2.74. The molecule has 0 saturated heterocycles. The molecule has 1 atom stereocenters. The van der Waals surface area contributed by atoms with E-state index in [-0.39, 0.29) is 19.8 Å². The first-order chi connectivity index (χ1) is 15.7. The largest absolute Gasteiger partial charge is 0.489 e. The zero-order chi connectivity index (χ0) is 24.3. The Kier molecular flexibility index (Phi) is 10.5. The molecule has 2 aromatic rings. The number of unbranched alkanes of at least 4 members (excludes halogenated alkanes) is 2. The van der Waals surface area contributed by atoms with Crippen LogP contribution in [0.4, 0.5) is 13.2 Å². The molecule has 33 heavy (non-hydrogen) atoms. The molecule has 182 valence electrons. The molecular formula is C25H31F3O5. The second-order valence-electron chi connectivity index (χ2n) is 7.71. The van der Waals surface area contributed by atoms with Gasteiger partial charge in [0, 0.05) is 14.0 Å². The molecule has 0 heterocycles. The fraction of sp³-hybridized carbons (Fsp3) is 0.480. The topological polar surface area (TPSA) is 54.0 Å². The van der Waals surface area contributed by atoms with Crippen LogP contribution in [0.3, 0.4) is 0 Å². The zero-order valence-electron chi connectivity index (χ0n) is 19.2. The Balaban J connectivity index is 2.10. The van der Waals surface area contributed by atoms with E-state index in [4.69, 9.17) is 18.9 Å². The van der Waals surface area contributed by atoms with Crippen LogP contribution < -0.4 is 9.47 Å². The van der Waals surface area contributed by atoms with E-state index in [1.807, 2.05) is 6.07 Å². The van der Waals surface area contributed by atoms with Crippen LogP contribution in [0.5, 0.6) is 11.5 Å². The highest BCUT2D eigenvalue weighted by Gasteiger charge is 2.30. The van der Waals surface area contributed by atoms with E-state index in [0.29, 0.717) is 17.1 Å². The van der Waals surface area contributed by atoms with Crippen molar-refractivity contribution in [1.82, 2.24) is 0 Å². The first-order valence-corrected chi connectivity index (χ1v) is 10.9. The number of alkyl halides is 3. The summed E-state index contributed by atoms with van der Waals surface area (Å²) in [5, 5.41) is 0. The lowest BCUT2D eigenvalue weighted by molar-refractivity contribution is -0.150. The van der Waals surface area contributed by atoms with Crippen LogP contribution in [0.15, 0.2) is 42.5 Å². The Morgan fingerprint density at radius 1 is 1.03 bits per heavy atom. The van der Waals surface area contributed by atoms with Gasteiger partial charge >= 0.3 is 12.1 Å². The summed E-state index contributed by atoms with van der Waals surface area (Å²) in [4.78, 5) is 11.3. The second kappa shape index (κ2) is 13.1. The average Bonchev–Trinajstić information content (AvgIpc) is 2.76. The number of halogens is 3. The quantitative estimate of drug-likeness (QED) is 0.268. The third-order valence-electron chi connectivity index (χ3n) is 4.85. The molecular weight excluding hydrogens is 437 g/mol. The lowest BCUT2D eigenvalue weighted by atomic mass is 10.1. The van der Waals surface area contributed by atoms with Crippen molar-refractivity contribution in [3.05, 3.63) is 59.2 Å². The molecule has 0 radical (unpaired) electrons. The number of carbonyl (C=O) groups is 1. The van der Waals surface area contributed by atoms with Crippen molar-refractivity contribution in [2.45, 2.75) is 58.4 Å². The Morgan fingerprint density at radius 2 is 1.82 bits per heavy atom. The summed E-state index contributed by atoms with van der Waals surface area (Å²) < 4.78 is 60.8. The van der Waals surface area contributed by atoms with Crippen molar-refractivity contribution in [3.63, 3.8) is 0 Å². The molecule has 0 aliphatic rings. The number of ether oxygens (including phenoxy) is 4. The fourth-order valence-corrected chi connectivity index (χ4v) is 3.27. The van der Waals surface area contributed by atoms with Gasteiger partial charge in [-0.25, -0.2) is 0 Å². The summed E-state index contributed by atoms with van der Waals surface area (Å²) in [6, 6.07) is 10.4. The average molecular weight is 469 g/mol. The molecule has 5 nitrogen and oxygen atoms in total. The summed E-state index contributed by atoms with van der Waals surface area (Å²) in [6.07, 6.45) is -1.11. The molecule has 0 spiro atoms. The number of methoxy groups -OCH3 is 1. The molecule has 8 heteroatoms. The van der Waals surface area contributed by atoms with Crippen LogP contribution in [-0.2, 0) is 33.5 Å². The van der Waals surface area contributed by atoms with Crippen molar-refractivity contribution >= 4 is 5.97 Å². The second-order valence-corrected chi connectivity index (χ2v) is 7.71. The van der Waals surface area contributed by atoms with E-state index in [0.717, 1.165) is 43.4 Å². The van der Waals surface area contributed by atoms with E-state index in [1.165, 1.54) is 20.1 Å². The van der Waals surface area contributed by atoms with Gasteiger partial charge in [-0.3, -0.25) is 4.79 Å². The molecule has 0 bridgehead atoms. The van der Waals surface area contributed by atoms with Gasteiger partial charge in [-0.1, -0.05) is 31.9 Å². The summed E-state index contributed by atoms with van der Waals surface area (Å²) in [6.45, 7) is 3.80. The van der Waals surface area contributed by atoms with Crippen LogP contribution in [0.1, 0.15) is 49.8 Å². The Morgan fingerprint density at radius 3 is 2.48 bits per heavy atom. The molecule has 2 aromatic carbocycles. The number of hydrogen-bond acceptors (Lipinski definition) is 5. The molecule has 0 saturated carbocycles. The summed E-state index contributed by atoms with van der Waals surface area (Å²) >= 11 is 0. The molecule has 0 aliphatic carbocycles. The number of benzene rings is 2. The monoisotopic (exact) mass is 468 g/mol. The number of esters is 1. The van der Waals surface area contributed by atoms with Crippen molar-refractivity contribution in [2.75, 3.05) is 20.3 Å². The van der Waals surface area contributed by atoms with Crippen molar-refractivity contribution in [3.8, 4) is 11.5 Å². The van der Waals surface area contributed by atoms with Crippen LogP contribution in [0.2, 0.25) is 0 Å². The first-order valence-electron chi connectivity index (χ1n) is 10.9. The fourth-order valence-electron chi connectivity index (χ4n) is 3.27. The smallest absolute Gasteiger partial charge is 0.416 e. The first kappa shape index (κ1) is 26.5. The van der Waals surface area contributed by atoms with Gasteiger partial charge in [-0.05, 0) is 54.3 Å². The highest BCUT2D eigenvalue weighted by Crippen LogP contribution is 2.30. The van der Waals surface area contributed by atoms with Crippen LogP contribution in [0.25, 0.3) is 0 Å². The SMILES string of the molecule is CCCCCc1cc(OCc2cccc(C(F)(F)F)c2)ccc1OCC(COC)OC(C)=O. The molecule has 2 rings (SSSR count). The number of carbonyl (C=O) groups excluding carboxylic acids is 1. The van der Waals surface area contributed by atoms with Crippen molar-refractivity contribution in [1.29, 1.82) is 0 Å². The molecule has 0 aliphatic heterocycles. The third kappa shape index (κ3) is 9.34. The van der Waals surface area contributed by atoms with Gasteiger partial charge in [-0.2, -0.15) is 13.2 Å². The highest BCUT2D eigenvalue weighted by molar-refractivity contribution is 5.66. The number of aryl methyl sites for hydroxylation is 1. The van der Waals surface area contributed by atoms with Crippen LogP contribution in [0, 0.1) is 0 Å². The zero-order valence-corrected chi connectivity index (χ0v) is 19.2. The normalized spacial score (nSPS) is 12.3. The molecule has 0 N–H and O–H groups in total. The Bertz CT molecular complexity index is 883. The number of hydrogen-bond donors (Lipinski definition) is 0. The highest BCUT2D eigenvalue weighted by atomic mass is 19.4. The molecule has 0 amide bonds. The van der Waals surface area contributed by atoms with E-state index in [9.17, 15) is 18.0 Å². The molecule has 1 unspecified atom stereocenters. The van der Waals surface area contributed by atoms with E-state index in [2.05, 4.69) is 6.92 Å². The van der Waals surface area contributed by atoms with E-state index >= 15 is 0 Å². The van der Waals surface area contributed by atoms with Gasteiger partial charge in [0.1, 0.15) is 24.7 Å². The maximum absolute atomic E-state index is 12.9. The minimum absolute atomic E-state index is 0.0148. The Labute approximate surface area is 192 Å². The lowest BCUT2D eigenvalue weighted by Gasteiger charge is -2.19. The van der Waals surface area contributed by atoms with Crippen molar-refractivity contribution < 1.29 is 36.9 Å². The predicted octanol–water partition coefficient (Wildman–Crippen LogP) is 5.97. The summed E-state index contributed by atoms with van der Waals surface area (Å²) in [7, 11) is 1.52. The standard InChI is InChI=1S/C25H31F3O5/c1-4-5-6-9-20-14-22(31-15-19-8-7-10-21(13-19)25(26,27)28)11-12-24(20)32-17-23(16-30-3)33-18(2)29/h7-8,10-14,23H,4-6,9,15-17H2,1-3H3. The summed E-state index contributed by atoms with van der Waals surface area (Å²) in [5.41, 5.74) is 0.649. The van der Waals surface area contributed by atoms with Gasteiger partial charge in [0.2, 0.25) is 0 Å². The van der Waals surface area contributed by atoms with Gasteiger partial charge in [0.25, 0.3) is 0 Å². The van der Waals surface area contributed by atoms with E-state index in [1.54, 1.807) is 18.2 Å². The minimum atomic E-state index is -4.39. The van der Waals surface area contributed by atoms with Crippen molar-refractivity contribution in [2.24, 2.45) is 0 Å².